The molecule has 0 atom stereocenters. The number of quaternary nitrogens is 1. The summed E-state index contributed by atoms with van der Waals surface area (Å²) in [5, 5.41) is 0. The third-order valence-corrected chi connectivity index (χ3v) is 10.2. The van der Waals surface area contributed by atoms with Crippen LogP contribution in [0.15, 0.2) is 59.5 Å². The van der Waals surface area contributed by atoms with Gasteiger partial charge >= 0.3 is 0 Å². The van der Waals surface area contributed by atoms with E-state index in [0.29, 0.717) is 0 Å². The Morgan fingerprint density at radius 1 is 0.619 bits per heavy atom. The summed E-state index contributed by atoms with van der Waals surface area (Å²) in [4.78, 5) is -0.0741. The lowest BCUT2D eigenvalue weighted by Crippen LogP contribution is -2.57. The number of rotatable bonds is 21. The highest BCUT2D eigenvalue weighted by molar-refractivity contribution is 7.85. The third kappa shape index (κ3) is 13.3. The van der Waals surface area contributed by atoms with Crippen LogP contribution in [0.25, 0.3) is 0 Å². The van der Waals surface area contributed by atoms with Crippen LogP contribution < -0.4 is 0 Å². The molecule has 5 heteroatoms. The quantitative estimate of drug-likeness (QED) is 0.0878. The number of hydrogen-bond acceptors (Lipinski definition) is 2. The van der Waals surface area contributed by atoms with Crippen LogP contribution in [-0.4, -0.2) is 38.1 Å². The maximum atomic E-state index is 10.4. The zero-order chi connectivity index (χ0) is 31.3. The van der Waals surface area contributed by atoms with Gasteiger partial charge in [0.1, 0.15) is 5.54 Å². The molecule has 0 radical (unpaired) electrons. The number of benzene rings is 2. The zero-order valence-electron chi connectivity index (χ0n) is 28.0. The van der Waals surface area contributed by atoms with Gasteiger partial charge in [-0.3, -0.25) is 4.55 Å². The largest absolute Gasteiger partial charge is 0.320 e. The van der Waals surface area contributed by atoms with E-state index < -0.39 is 10.1 Å². The molecule has 0 heterocycles. The lowest BCUT2D eigenvalue weighted by Gasteiger charge is -2.49. The molecule has 2 aromatic rings. The first-order chi connectivity index (χ1) is 20.1. The third-order valence-electron chi connectivity index (χ3n) is 9.34. The summed E-state index contributed by atoms with van der Waals surface area (Å²) in [6.45, 7) is 10.7. The molecule has 0 aliphatic rings. The first kappa shape index (κ1) is 38.3. The van der Waals surface area contributed by atoms with Crippen molar-refractivity contribution in [3.63, 3.8) is 0 Å². The average molecular weight is 603 g/mol. The molecule has 2 rings (SSSR count). The van der Waals surface area contributed by atoms with Crippen molar-refractivity contribution >= 4 is 10.1 Å². The summed E-state index contributed by atoms with van der Waals surface area (Å²) in [7, 11) is 0.973. The Labute approximate surface area is 260 Å². The standard InChI is InChI=1S/C31H58N.C6H6O3S/c1-7-11-12-13-14-15-16-17-18-19-20-21-22-25-28-32(5,6)31(9-3,10-4)30-27-24-23-26-29(30)8-2;7-10(8,9)6-4-2-1-3-5-6/h23-24,26-27H,7-22,25,28H2,1-6H3;1-5H,(H,7,8,9)/q+1;. The van der Waals surface area contributed by atoms with Crippen LogP contribution in [0.2, 0.25) is 0 Å². The minimum absolute atomic E-state index is 0.0741. The minimum Gasteiger partial charge on any atom is -0.320 e. The summed E-state index contributed by atoms with van der Waals surface area (Å²) in [6.07, 6.45) is 23.7. The molecule has 0 aliphatic heterocycles. The van der Waals surface area contributed by atoms with Crippen LogP contribution >= 0.6 is 0 Å². The molecule has 2 aromatic carbocycles. The lowest BCUT2D eigenvalue weighted by molar-refractivity contribution is -0.951. The maximum absolute atomic E-state index is 10.4. The van der Waals surface area contributed by atoms with E-state index in [1.165, 1.54) is 121 Å². The SMILES string of the molecule is CCCCCCCCCCCCCCCC[N+](C)(C)C(CC)(CC)c1ccccc1CC.O=S(=O)(O)c1ccccc1. The number of hydrogen-bond donors (Lipinski definition) is 1. The average Bonchev–Trinajstić information content (AvgIpc) is 2.98. The monoisotopic (exact) mass is 602 g/mol. The van der Waals surface area contributed by atoms with Gasteiger partial charge < -0.3 is 4.48 Å². The fourth-order valence-corrected chi connectivity index (χ4v) is 7.10. The summed E-state index contributed by atoms with van der Waals surface area (Å²) >= 11 is 0. The van der Waals surface area contributed by atoms with E-state index in [1.807, 2.05) is 0 Å². The Morgan fingerprint density at radius 3 is 1.45 bits per heavy atom. The first-order valence-corrected chi connectivity index (χ1v) is 18.5. The first-order valence-electron chi connectivity index (χ1n) is 17.0. The molecule has 1 N–H and O–H groups in total. The lowest BCUT2D eigenvalue weighted by atomic mass is 9.78. The van der Waals surface area contributed by atoms with Gasteiger partial charge in [0.15, 0.2) is 0 Å². The highest BCUT2D eigenvalue weighted by atomic mass is 32.2. The fourth-order valence-electron chi connectivity index (χ4n) is 6.60. The number of unbranched alkanes of at least 4 members (excludes halogenated alkanes) is 13. The molecule has 0 amide bonds. The molecule has 42 heavy (non-hydrogen) atoms. The number of nitrogens with zero attached hydrogens (tertiary/aromatic N) is 1. The topological polar surface area (TPSA) is 54.4 Å². The summed E-state index contributed by atoms with van der Waals surface area (Å²) in [5.74, 6) is 0. The van der Waals surface area contributed by atoms with E-state index in [4.69, 9.17) is 4.55 Å². The van der Waals surface area contributed by atoms with E-state index in [9.17, 15) is 8.42 Å². The maximum Gasteiger partial charge on any atom is 0.294 e. The highest BCUT2D eigenvalue weighted by Gasteiger charge is 2.44. The second-order valence-corrected chi connectivity index (χ2v) is 14.0. The van der Waals surface area contributed by atoms with Gasteiger partial charge in [-0.15, -0.1) is 0 Å². The van der Waals surface area contributed by atoms with E-state index in [-0.39, 0.29) is 10.4 Å². The van der Waals surface area contributed by atoms with Crippen molar-refractivity contribution in [1.82, 2.24) is 0 Å². The Morgan fingerprint density at radius 2 is 1.05 bits per heavy atom. The van der Waals surface area contributed by atoms with E-state index in [0.717, 1.165) is 10.9 Å². The van der Waals surface area contributed by atoms with Gasteiger partial charge in [0.25, 0.3) is 10.1 Å². The molecule has 4 nitrogen and oxygen atoms in total. The van der Waals surface area contributed by atoms with Crippen molar-refractivity contribution in [2.75, 3.05) is 20.6 Å². The van der Waals surface area contributed by atoms with Gasteiger partial charge in [-0.25, -0.2) is 0 Å². The van der Waals surface area contributed by atoms with E-state index >= 15 is 0 Å². The Bertz CT molecular complexity index is 1050. The van der Waals surface area contributed by atoms with Crippen LogP contribution in [0, 0.1) is 0 Å². The molecule has 0 fully saturated rings. The Balaban J connectivity index is 0.000000738. The predicted molar refractivity (Wildman–Crippen MR) is 182 cm³/mol. The Kier molecular flexibility index (Phi) is 19.2. The molecular formula is C37H64NO3S+. The van der Waals surface area contributed by atoms with Gasteiger partial charge in [-0.2, -0.15) is 8.42 Å². The van der Waals surface area contributed by atoms with Crippen molar-refractivity contribution in [2.24, 2.45) is 0 Å². The molecule has 0 aromatic heterocycles. The van der Waals surface area contributed by atoms with Gasteiger partial charge in [0.2, 0.25) is 0 Å². The molecule has 0 saturated carbocycles. The summed E-state index contributed by atoms with van der Waals surface area (Å²) in [5.41, 5.74) is 3.38. The van der Waals surface area contributed by atoms with Crippen molar-refractivity contribution in [3.8, 4) is 0 Å². The highest BCUT2D eigenvalue weighted by Crippen LogP contribution is 2.41. The normalized spacial score (nSPS) is 12.2. The Hall–Kier alpha value is -1.69. The van der Waals surface area contributed by atoms with Crippen LogP contribution in [0.5, 0.6) is 0 Å². The molecule has 0 spiro atoms. The summed E-state index contributed by atoms with van der Waals surface area (Å²) < 4.78 is 30.4. The van der Waals surface area contributed by atoms with Crippen molar-refractivity contribution in [1.29, 1.82) is 0 Å². The summed E-state index contributed by atoms with van der Waals surface area (Å²) in [6, 6.07) is 16.7. The van der Waals surface area contributed by atoms with Crippen LogP contribution in [0.3, 0.4) is 0 Å². The fraction of sp³-hybridized carbons (Fsp3) is 0.676. The van der Waals surface area contributed by atoms with Crippen LogP contribution in [0.1, 0.15) is 142 Å². The van der Waals surface area contributed by atoms with E-state index in [1.54, 1.807) is 29.3 Å². The van der Waals surface area contributed by atoms with Crippen molar-refractivity contribution < 1.29 is 17.5 Å². The van der Waals surface area contributed by atoms with Gasteiger partial charge in [0.05, 0.1) is 25.5 Å². The second-order valence-electron chi connectivity index (χ2n) is 12.5. The minimum atomic E-state index is -4.00. The molecule has 240 valence electrons. The molecule has 0 saturated heterocycles. The van der Waals surface area contributed by atoms with E-state index in [2.05, 4.69) is 66.1 Å². The predicted octanol–water partition coefficient (Wildman–Crippen LogP) is 10.8. The van der Waals surface area contributed by atoms with Crippen LogP contribution in [-0.2, 0) is 22.1 Å². The zero-order valence-corrected chi connectivity index (χ0v) is 28.9. The number of aryl methyl sites for hydroxylation is 1. The van der Waals surface area contributed by atoms with Crippen molar-refractivity contribution in [3.05, 3.63) is 65.7 Å². The molecule has 0 bridgehead atoms. The van der Waals surface area contributed by atoms with Crippen LogP contribution in [0.4, 0.5) is 0 Å². The van der Waals surface area contributed by atoms with Gasteiger partial charge in [0, 0.05) is 18.4 Å². The second kappa shape index (κ2) is 21.1. The van der Waals surface area contributed by atoms with Gasteiger partial charge in [-0.1, -0.05) is 147 Å². The van der Waals surface area contributed by atoms with Gasteiger partial charge in [-0.05, 0) is 37.0 Å². The smallest absolute Gasteiger partial charge is 0.294 e. The molecule has 0 unspecified atom stereocenters. The molecular weight excluding hydrogens is 538 g/mol. The van der Waals surface area contributed by atoms with Crippen molar-refractivity contribution in [2.45, 2.75) is 147 Å². The molecule has 0 aliphatic carbocycles.